The molecule has 0 spiro atoms. The van der Waals surface area contributed by atoms with E-state index in [9.17, 15) is 22.4 Å². The summed E-state index contributed by atoms with van der Waals surface area (Å²) in [6, 6.07) is 4.64. The Balaban J connectivity index is 2.19. The fourth-order valence-electron chi connectivity index (χ4n) is 1.60. The number of carbonyl (C=O) groups excluding carboxylic acids is 1. The molecule has 0 aliphatic carbocycles. The number of hydrogen-bond donors (Lipinski definition) is 2. The van der Waals surface area contributed by atoms with Crippen LogP contribution < -0.4 is 15.8 Å². The Kier molecular flexibility index (Phi) is 4.94. The molecule has 2 heterocycles. The van der Waals surface area contributed by atoms with Crippen LogP contribution in [0.3, 0.4) is 0 Å². The molecule has 10 heteroatoms. The molecule has 23 heavy (non-hydrogen) atoms. The van der Waals surface area contributed by atoms with E-state index in [0.717, 1.165) is 18.3 Å². The Morgan fingerprint density at radius 2 is 2.00 bits per heavy atom. The number of nitrogen functional groups attached to an aromatic ring is 1. The van der Waals surface area contributed by atoms with Crippen molar-refractivity contribution in [3.8, 4) is 5.75 Å². The number of anilines is 2. The summed E-state index contributed by atoms with van der Waals surface area (Å²) in [4.78, 5) is 19.1. The average Bonchev–Trinajstić information content (AvgIpc) is 2.49. The van der Waals surface area contributed by atoms with Gasteiger partial charge in [0.15, 0.2) is 11.6 Å². The number of pyridine rings is 2. The van der Waals surface area contributed by atoms with Crippen molar-refractivity contribution >= 4 is 17.5 Å². The van der Waals surface area contributed by atoms with E-state index in [-0.39, 0.29) is 17.2 Å². The van der Waals surface area contributed by atoms with Crippen LogP contribution in [-0.2, 0) is 0 Å². The highest BCUT2D eigenvalue weighted by Gasteiger charge is 2.15. The minimum atomic E-state index is -3.14. The van der Waals surface area contributed by atoms with Crippen LogP contribution in [0.2, 0.25) is 0 Å². The van der Waals surface area contributed by atoms with Crippen molar-refractivity contribution in [1.29, 1.82) is 0 Å². The zero-order chi connectivity index (χ0) is 17.0. The number of nitrogens with two attached hydrogens (primary N) is 1. The molecule has 0 unspecified atom stereocenters. The molecule has 2 aromatic rings. The van der Waals surface area contributed by atoms with Gasteiger partial charge in [-0.2, -0.15) is 8.78 Å². The van der Waals surface area contributed by atoms with Crippen LogP contribution in [0, 0.1) is 0 Å². The van der Waals surface area contributed by atoms with Gasteiger partial charge in [-0.1, -0.05) is 6.07 Å². The Hall–Kier alpha value is -2.91. The first-order valence-electron chi connectivity index (χ1n) is 6.13. The summed E-state index contributed by atoms with van der Waals surface area (Å²) in [5, 5.41) is 2.25. The number of hydrogen-bond acceptors (Lipinski definition) is 5. The zero-order valence-electron chi connectivity index (χ0n) is 11.3. The number of halogens is 4. The third-order valence-electron chi connectivity index (χ3n) is 2.60. The summed E-state index contributed by atoms with van der Waals surface area (Å²) in [6.45, 7) is -3.14. The van der Waals surface area contributed by atoms with Crippen LogP contribution in [0.25, 0.3) is 0 Å². The summed E-state index contributed by atoms with van der Waals surface area (Å²) >= 11 is 0. The van der Waals surface area contributed by atoms with Crippen molar-refractivity contribution in [2.45, 2.75) is 13.0 Å². The lowest BCUT2D eigenvalue weighted by Gasteiger charge is -2.09. The van der Waals surface area contributed by atoms with Gasteiger partial charge in [-0.15, -0.1) is 0 Å². The minimum Gasteiger partial charge on any atom is -0.431 e. The summed E-state index contributed by atoms with van der Waals surface area (Å²) in [6.07, 6.45) is -1.77. The van der Waals surface area contributed by atoms with E-state index in [0.29, 0.717) is 0 Å². The molecular weight excluding hydrogens is 320 g/mol. The number of carbonyl (C=O) groups is 1. The molecule has 0 aliphatic heterocycles. The fourth-order valence-corrected chi connectivity index (χ4v) is 1.60. The minimum absolute atomic E-state index is 0.124. The van der Waals surface area contributed by atoms with E-state index in [1.807, 2.05) is 0 Å². The van der Waals surface area contributed by atoms with E-state index >= 15 is 0 Å². The first-order valence-corrected chi connectivity index (χ1v) is 6.13. The molecule has 0 atom stereocenters. The molecule has 122 valence electrons. The number of ether oxygens (including phenoxy) is 1. The molecule has 3 N–H and O–H groups in total. The maximum atomic E-state index is 12.5. The van der Waals surface area contributed by atoms with Gasteiger partial charge in [0.1, 0.15) is 11.5 Å². The molecule has 6 nitrogen and oxygen atoms in total. The van der Waals surface area contributed by atoms with E-state index < -0.39 is 30.4 Å². The van der Waals surface area contributed by atoms with Gasteiger partial charge in [-0.05, 0) is 18.2 Å². The van der Waals surface area contributed by atoms with Crippen molar-refractivity contribution < 1.29 is 27.1 Å². The van der Waals surface area contributed by atoms with Gasteiger partial charge in [0.2, 0.25) is 0 Å². The molecular formula is C13H10F4N4O2. The second-order valence-electron chi connectivity index (χ2n) is 4.19. The molecule has 1 amide bonds. The second-order valence-corrected chi connectivity index (χ2v) is 4.19. The third kappa shape index (κ3) is 4.28. The van der Waals surface area contributed by atoms with Crippen molar-refractivity contribution in [3.05, 3.63) is 41.7 Å². The second kappa shape index (κ2) is 6.90. The summed E-state index contributed by atoms with van der Waals surface area (Å²) in [5.41, 5.74) is 4.68. The molecule has 0 bridgehead atoms. The van der Waals surface area contributed by atoms with Gasteiger partial charge in [-0.25, -0.2) is 18.7 Å². The molecule has 2 aromatic heterocycles. The standard InChI is InChI=1S/C13H10F4N4O2/c14-10(15)7-2-1-3-9(20-7)21-12(22)6-4-8(23-13(16)17)11(18)19-5-6/h1-5,10,13H,(H2,18,19)(H,20,21,22). The van der Waals surface area contributed by atoms with Gasteiger partial charge in [0, 0.05) is 6.20 Å². The Morgan fingerprint density at radius 3 is 2.65 bits per heavy atom. The summed E-state index contributed by atoms with van der Waals surface area (Å²) in [5.74, 6) is -1.71. The number of nitrogens with one attached hydrogen (secondary N) is 1. The Bertz CT molecular complexity index is 712. The molecule has 2 rings (SSSR count). The third-order valence-corrected chi connectivity index (χ3v) is 2.60. The lowest BCUT2D eigenvalue weighted by molar-refractivity contribution is -0.0495. The van der Waals surface area contributed by atoms with Crippen molar-refractivity contribution in [1.82, 2.24) is 9.97 Å². The monoisotopic (exact) mass is 330 g/mol. The maximum Gasteiger partial charge on any atom is 0.387 e. The predicted molar refractivity (Wildman–Crippen MR) is 72.4 cm³/mol. The van der Waals surface area contributed by atoms with Crippen molar-refractivity contribution in [3.63, 3.8) is 0 Å². The van der Waals surface area contributed by atoms with E-state index in [2.05, 4.69) is 20.0 Å². The highest BCUT2D eigenvalue weighted by Crippen LogP contribution is 2.23. The van der Waals surface area contributed by atoms with E-state index in [1.165, 1.54) is 12.1 Å². The van der Waals surface area contributed by atoms with Gasteiger partial charge in [0.05, 0.1) is 5.56 Å². The van der Waals surface area contributed by atoms with Gasteiger partial charge >= 0.3 is 6.61 Å². The average molecular weight is 330 g/mol. The van der Waals surface area contributed by atoms with Crippen LogP contribution in [0.5, 0.6) is 5.75 Å². The van der Waals surface area contributed by atoms with Gasteiger partial charge in [0.25, 0.3) is 12.3 Å². The Morgan fingerprint density at radius 1 is 1.26 bits per heavy atom. The first-order chi connectivity index (χ1) is 10.9. The van der Waals surface area contributed by atoms with Gasteiger partial charge < -0.3 is 15.8 Å². The number of alkyl halides is 4. The van der Waals surface area contributed by atoms with Crippen molar-refractivity contribution in [2.75, 3.05) is 11.1 Å². The lowest BCUT2D eigenvalue weighted by atomic mass is 10.2. The first kappa shape index (κ1) is 16.5. The number of nitrogens with zero attached hydrogens (tertiary/aromatic N) is 2. The zero-order valence-corrected chi connectivity index (χ0v) is 11.3. The Labute approximate surface area is 127 Å². The molecule has 0 saturated carbocycles. The lowest BCUT2D eigenvalue weighted by Crippen LogP contribution is -2.15. The molecule has 0 aromatic carbocycles. The summed E-state index contributed by atoms with van der Waals surface area (Å²) < 4.78 is 53.6. The number of aromatic nitrogens is 2. The largest absolute Gasteiger partial charge is 0.431 e. The van der Waals surface area contributed by atoms with Gasteiger partial charge in [-0.3, -0.25) is 4.79 Å². The highest BCUT2D eigenvalue weighted by molar-refractivity contribution is 6.04. The van der Waals surface area contributed by atoms with Crippen LogP contribution in [-0.4, -0.2) is 22.5 Å². The number of rotatable bonds is 5. The van der Waals surface area contributed by atoms with E-state index in [1.54, 1.807) is 0 Å². The smallest absolute Gasteiger partial charge is 0.387 e. The predicted octanol–water partition coefficient (Wildman–Crippen LogP) is 2.85. The normalized spacial score (nSPS) is 10.9. The maximum absolute atomic E-state index is 12.5. The van der Waals surface area contributed by atoms with Crippen LogP contribution >= 0.6 is 0 Å². The molecule has 0 fully saturated rings. The van der Waals surface area contributed by atoms with E-state index in [4.69, 9.17) is 5.73 Å². The summed E-state index contributed by atoms with van der Waals surface area (Å²) in [7, 11) is 0. The molecule has 0 radical (unpaired) electrons. The van der Waals surface area contributed by atoms with Crippen molar-refractivity contribution in [2.24, 2.45) is 0 Å². The molecule has 0 aliphatic rings. The highest BCUT2D eigenvalue weighted by atomic mass is 19.3. The van der Waals surface area contributed by atoms with Crippen LogP contribution in [0.15, 0.2) is 30.5 Å². The quantitative estimate of drug-likeness (QED) is 0.823. The fraction of sp³-hybridized carbons (Fsp3) is 0.154. The van der Waals surface area contributed by atoms with Crippen LogP contribution in [0.1, 0.15) is 22.5 Å². The SMILES string of the molecule is Nc1ncc(C(=O)Nc2cccc(C(F)F)n2)cc1OC(F)F. The topological polar surface area (TPSA) is 90.1 Å². The van der Waals surface area contributed by atoms with Crippen LogP contribution in [0.4, 0.5) is 29.2 Å². The number of amides is 1. The molecule has 0 saturated heterocycles.